The number of carbonyl (C=O) groups excluding carboxylic acids is 1. The molecule has 8 heteroatoms. The fraction of sp³-hybridized carbons (Fsp3) is 0. The van der Waals surface area contributed by atoms with Crippen molar-refractivity contribution in [1.29, 1.82) is 0 Å². The van der Waals surface area contributed by atoms with Gasteiger partial charge in [-0.2, -0.15) is 0 Å². The van der Waals surface area contributed by atoms with Gasteiger partial charge in [-0.3, -0.25) is 4.79 Å². The monoisotopic (exact) mass is 355 g/mol. The molecule has 2 aromatic carbocycles. The Kier molecular flexibility index (Phi) is 4.71. The number of rotatable bonds is 3. The molecule has 1 amide bonds. The summed E-state index contributed by atoms with van der Waals surface area (Å²) in [5, 5.41) is 20.3. The van der Waals surface area contributed by atoms with Gasteiger partial charge in [0.05, 0.1) is 5.69 Å². The first-order chi connectivity index (χ1) is 9.88. The molecule has 0 radical (unpaired) electrons. The van der Waals surface area contributed by atoms with Crippen LogP contribution in [0.15, 0.2) is 40.9 Å². The smallest absolute Gasteiger partial charge is 0.423 e. The fourth-order valence-electron chi connectivity index (χ4n) is 1.67. The number of amides is 1. The lowest BCUT2D eigenvalue weighted by atomic mass is 9.79. The van der Waals surface area contributed by atoms with Crippen molar-refractivity contribution >= 4 is 40.1 Å². The van der Waals surface area contributed by atoms with E-state index in [1.165, 1.54) is 12.1 Å². The van der Waals surface area contributed by atoms with Gasteiger partial charge in [-0.1, -0.05) is 15.9 Å². The maximum atomic E-state index is 13.6. The second-order valence-corrected chi connectivity index (χ2v) is 5.10. The number of hydrogen-bond donors (Lipinski definition) is 3. The van der Waals surface area contributed by atoms with Crippen molar-refractivity contribution in [3.63, 3.8) is 0 Å². The normalized spacial score (nSPS) is 10.3. The minimum Gasteiger partial charge on any atom is -0.423 e. The SMILES string of the molecule is O=C(Nc1ccc(Br)cc1F)c1ccc(F)c(B(O)O)c1. The first kappa shape index (κ1) is 15.6. The maximum Gasteiger partial charge on any atom is 0.491 e. The van der Waals surface area contributed by atoms with Gasteiger partial charge in [0.1, 0.15) is 11.6 Å². The number of hydrogen-bond acceptors (Lipinski definition) is 3. The molecule has 0 fully saturated rings. The van der Waals surface area contributed by atoms with Crippen LogP contribution in [0.2, 0.25) is 0 Å². The minimum atomic E-state index is -2.04. The summed E-state index contributed by atoms with van der Waals surface area (Å²) in [5.41, 5.74) is -0.501. The maximum absolute atomic E-state index is 13.6. The molecule has 0 aliphatic carbocycles. The zero-order valence-electron chi connectivity index (χ0n) is 10.5. The van der Waals surface area contributed by atoms with E-state index in [0.717, 1.165) is 18.2 Å². The van der Waals surface area contributed by atoms with Crippen LogP contribution in [-0.2, 0) is 0 Å². The number of nitrogens with one attached hydrogen (secondary N) is 1. The average molecular weight is 356 g/mol. The quantitative estimate of drug-likeness (QED) is 0.733. The van der Waals surface area contributed by atoms with E-state index in [2.05, 4.69) is 21.2 Å². The molecule has 0 spiro atoms. The average Bonchev–Trinajstić information content (AvgIpc) is 2.42. The largest absolute Gasteiger partial charge is 0.491 e. The Hall–Kier alpha value is -1.77. The number of anilines is 1. The van der Waals surface area contributed by atoms with E-state index in [4.69, 9.17) is 10.0 Å². The second kappa shape index (κ2) is 6.34. The van der Waals surface area contributed by atoms with Crippen LogP contribution in [0.25, 0.3) is 0 Å². The summed E-state index contributed by atoms with van der Waals surface area (Å²) in [5.74, 6) is -2.18. The molecule has 2 rings (SSSR count). The van der Waals surface area contributed by atoms with Crippen molar-refractivity contribution < 1.29 is 23.6 Å². The molecule has 0 bridgehead atoms. The van der Waals surface area contributed by atoms with Gasteiger partial charge in [0.25, 0.3) is 5.91 Å². The predicted molar refractivity (Wildman–Crippen MR) is 78.3 cm³/mol. The highest BCUT2D eigenvalue weighted by atomic mass is 79.9. The van der Waals surface area contributed by atoms with Crippen LogP contribution in [-0.4, -0.2) is 23.1 Å². The van der Waals surface area contributed by atoms with Crippen LogP contribution in [0.5, 0.6) is 0 Å². The summed E-state index contributed by atoms with van der Waals surface area (Å²) in [7, 11) is -2.04. The van der Waals surface area contributed by atoms with Crippen LogP contribution in [0.3, 0.4) is 0 Å². The van der Waals surface area contributed by atoms with E-state index in [1.807, 2.05) is 0 Å². The van der Waals surface area contributed by atoms with Gasteiger partial charge in [-0.05, 0) is 36.4 Å². The van der Waals surface area contributed by atoms with Gasteiger partial charge in [0.2, 0.25) is 0 Å². The summed E-state index contributed by atoms with van der Waals surface area (Å²) in [4.78, 5) is 12.0. The van der Waals surface area contributed by atoms with Gasteiger partial charge in [-0.15, -0.1) is 0 Å². The van der Waals surface area contributed by atoms with E-state index in [0.29, 0.717) is 4.47 Å². The van der Waals surface area contributed by atoms with E-state index in [1.54, 1.807) is 6.07 Å². The molecule has 108 valence electrons. The Morgan fingerprint density at radius 2 is 1.81 bits per heavy atom. The van der Waals surface area contributed by atoms with Gasteiger partial charge in [0, 0.05) is 15.5 Å². The molecule has 0 heterocycles. The summed E-state index contributed by atoms with van der Waals surface area (Å²) < 4.78 is 27.4. The molecule has 0 unspecified atom stereocenters. The van der Waals surface area contributed by atoms with Crippen LogP contribution in [0.1, 0.15) is 10.4 Å². The molecule has 0 aliphatic rings. The minimum absolute atomic E-state index is 0.0261. The van der Waals surface area contributed by atoms with E-state index in [9.17, 15) is 13.6 Å². The molecule has 3 N–H and O–H groups in total. The molecule has 4 nitrogen and oxygen atoms in total. The highest BCUT2D eigenvalue weighted by Crippen LogP contribution is 2.20. The molecular formula is C13H9BBrF2NO3. The number of halogens is 3. The molecule has 21 heavy (non-hydrogen) atoms. The number of benzene rings is 2. The highest BCUT2D eigenvalue weighted by Gasteiger charge is 2.19. The van der Waals surface area contributed by atoms with Crippen LogP contribution in [0.4, 0.5) is 14.5 Å². The van der Waals surface area contributed by atoms with Crippen molar-refractivity contribution in [2.45, 2.75) is 0 Å². The molecule has 0 saturated heterocycles. The zero-order chi connectivity index (χ0) is 15.6. The van der Waals surface area contributed by atoms with Crippen molar-refractivity contribution in [1.82, 2.24) is 0 Å². The Balaban J connectivity index is 2.26. The van der Waals surface area contributed by atoms with Crippen LogP contribution < -0.4 is 10.8 Å². The Morgan fingerprint density at radius 3 is 2.43 bits per heavy atom. The Morgan fingerprint density at radius 1 is 1.10 bits per heavy atom. The van der Waals surface area contributed by atoms with E-state index in [-0.39, 0.29) is 11.3 Å². The van der Waals surface area contributed by atoms with E-state index >= 15 is 0 Å². The topological polar surface area (TPSA) is 69.6 Å². The molecular weight excluding hydrogens is 347 g/mol. The molecule has 0 aliphatic heterocycles. The van der Waals surface area contributed by atoms with Crippen molar-refractivity contribution in [2.24, 2.45) is 0 Å². The lowest BCUT2D eigenvalue weighted by molar-refractivity contribution is 0.102. The lowest BCUT2D eigenvalue weighted by Crippen LogP contribution is -2.33. The third-order valence-electron chi connectivity index (χ3n) is 2.72. The zero-order valence-corrected chi connectivity index (χ0v) is 12.1. The molecule has 2 aromatic rings. The van der Waals surface area contributed by atoms with Crippen molar-refractivity contribution in [2.75, 3.05) is 5.32 Å². The third kappa shape index (κ3) is 3.66. The summed E-state index contributed by atoms with van der Waals surface area (Å²) in [6, 6.07) is 7.18. The first-order valence-corrected chi connectivity index (χ1v) is 6.60. The summed E-state index contributed by atoms with van der Waals surface area (Å²) in [6.07, 6.45) is 0. The number of carbonyl (C=O) groups is 1. The molecule has 0 saturated carbocycles. The Bertz CT molecular complexity index is 697. The van der Waals surface area contributed by atoms with Gasteiger partial charge >= 0.3 is 7.12 Å². The van der Waals surface area contributed by atoms with Crippen LogP contribution >= 0.6 is 15.9 Å². The van der Waals surface area contributed by atoms with Crippen molar-refractivity contribution in [3.8, 4) is 0 Å². The van der Waals surface area contributed by atoms with Crippen molar-refractivity contribution in [3.05, 3.63) is 58.1 Å². The third-order valence-corrected chi connectivity index (χ3v) is 3.21. The fourth-order valence-corrected chi connectivity index (χ4v) is 2.00. The summed E-state index contributed by atoms with van der Waals surface area (Å²) >= 11 is 3.09. The molecule has 0 aromatic heterocycles. The molecule has 0 atom stereocenters. The second-order valence-electron chi connectivity index (χ2n) is 4.19. The first-order valence-electron chi connectivity index (χ1n) is 5.80. The lowest BCUT2D eigenvalue weighted by Gasteiger charge is -2.08. The van der Waals surface area contributed by atoms with Gasteiger partial charge in [-0.25, -0.2) is 8.78 Å². The highest BCUT2D eigenvalue weighted by molar-refractivity contribution is 9.10. The van der Waals surface area contributed by atoms with E-state index < -0.39 is 30.1 Å². The summed E-state index contributed by atoms with van der Waals surface area (Å²) in [6.45, 7) is 0. The van der Waals surface area contributed by atoms with Gasteiger partial charge < -0.3 is 15.4 Å². The standard InChI is InChI=1S/C13H9BBrF2NO3/c15-8-2-4-12(11(17)6-8)18-13(19)7-1-3-10(16)9(5-7)14(20)21/h1-6,20-21H,(H,18,19). The predicted octanol–water partition coefficient (Wildman–Crippen LogP) is 1.66. The van der Waals surface area contributed by atoms with Crippen LogP contribution in [0, 0.1) is 11.6 Å². The van der Waals surface area contributed by atoms with Gasteiger partial charge in [0.15, 0.2) is 0 Å². The Labute approximate surface area is 127 Å².